The summed E-state index contributed by atoms with van der Waals surface area (Å²) in [5, 5.41) is 0. The van der Waals surface area contributed by atoms with Gasteiger partial charge in [-0.2, -0.15) is 0 Å². The van der Waals surface area contributed by atoms with E-state index in [-0.39, 0.29) is 138 Å². The Balaban J connectivity index is 0.000000167. The fourth-order valence-electron chi connectivity index (χ4n) is 14.8. The van der Waals surface area contributed by atoms with Gasteiger partial charge in [0, 0.05) is 54.4 Å². The normalized spacial score (nSPS) is 26.7. The Hall–Kier alpha value is -7.64. The van der Waals surface area contributed by atoms with Crippen molar-refractivity contribution < 1.29 is 74.6 Å². The van der Waals surface area contributed by atoms with Crippen LogP contribution in [-0.4, -0.2) is 77.5 Å². The van der Waals surface area contributed by atoms with Crippen LogP contribution >= 0.6 is 15.9 Å². The number of ether oxygens (including phenoxy) is 8. The maximum atomic E-state index is 14.3. The molecule has 15 atom stereocenters. The Morgan fingerprint density at radius 3 is 1.03 bits per heavy atom. The molecule has 12 nitrogen and oxygen atoms in total. The third-order valence-electron chi connectivity index (χ3n) is 21.5. The van der Waals surface area contributed by atoms with Crippen molar-refractivity contribution >= 4 is 39.1 Å². The van der Waals surface area contributed by atoms with E-state index >= 15 is 0 Å². The quantitative estimate of drug-likeness (QED) is 0.0430. The van der Waals surface area contributed by atoms with Gasteiger partial charge in [0.1, 0.15) is 68.7 Å². The molecule has 17 heteroatoms. The minimum atomic E-state index is -0.721. The van der Waals surface area contributed by atoms with E-state index in [4.69, 9.17) is 50.7 Å². The maximum absolute atomic E-state index is 14.3. The highest BCUT2D eigenvalue weighted by Crippen LogP contribution is 2.51. The van der Waals surface area contributed by atoms with Gasteiger partial charge in [-0.3, -0.25) is 19.2 Å². The van der Waals surface area contributed by atoms with Crippen LogP contribution in [0.1, 0.15) is 132 Å². The number of aryl methyl sites for hydroxylation is 4. The molecule has 4 saturated heterocycles. The van der Waals surface area contributed by atoms with E-state index in [0.29, 0.717) is 103 Å². The second-order valence-electron chi connectivity index (χ2n) is 28.6. The van der Waals surface area contributed by atoms with E-state index in [2.05, 4.69) is 40.9 Å². The topological polar surface area (TPSA) is 142 Å². The molecule has 0 saturated carbocycles. The van der Waals surface area contributed by atoms with Crippen LogP contribution in [0.4, 0.5) is 17.6 Å². The van der Waals surface area contributed by atoms with Crippen molar-refractivity contribution in [2.75, 3.05) is 27.2 Å². The molecule has 0 bridgehead atoms. The van der Waals surface area contributed by atoms with Crippen molar-refractivity contribution in [3.8, 4) is 24.7 Å². The molecule has 0 amide bonds. The molecule has 4 heterocycles. The van der Waals surface area contributed by atoms with Crippen LogP contribution in [0.2, 0.25) is 0 Å². The van der Waals surface area contributed by atoms with Gasteiger partial charge >= 0.3 is 0 Å². The van der Waals surface area contributed by atoms with Crippen molar-refractivity contribution in [2.45, 2.75) is 168 Å². The third-order valence-corrected chi connectivity index (χ3v) is 21.8. The molecule has 4 fully saturated rings. The first kappa shape index (κ1) is 79.1. The second-order valence-corrected chi connectivity index (χ2v) is 29.9. The molecule has 8 aliphatic rings. The highest BCUT2D eigenvalue weighted by Gasteiger charge is 2.56. The van der Waals surface area contributed by atoms with Crippen molar-refractivity contribution in [3.05, 3.63) is 213 Å². The summed E-state index contributed by atoms with van der Waals surface area (Å²) in [6, 6.07) is 21.1. The first-order valence-electron chi connectivity index (χ1n) is 34.8. The van der Waals surface area contributed by atoms with E-state index < -0.39 is 22.4 Å². The van der Waals surface area contributed by atoms with Gasteiger partial charge in [0.15, 0.2) is 50.3 Å². The molecular weight excluding hydrogens is 1360 g/mol. The van der Waals surface area contributed by atoms with Crippen LogP contribution in [-0.2, 0) is 82.8 Å². The van der Waals surface area contributed by atoms with Crippen molar-refractivity contribution in [1.29, 1.82) is 0 Å². The van der Waals surface area contributed by atoms with Crippen LogP contribution in [0.25, 0.3) is 0 Å². The summed E-state index contributed by atoms with van der Waals surface area (Å²) >= 11 is 3.14. The van der Waals surface area contributed by atoms with Crippen LogP contribution in [0.15, 0.2) is 145 Å². The number of carbonyl (C=O) groups is 4. The molecule has 4 unspecified atom stereocenters. The predicted molar refractivity (Wildman–Crippen MR) is 385 cm³/mol. The lowest BCUT2D eigenvalue weighted by Gasteiger charge is -2.39. The highest BCUT2D eigenvalue weighted by molar-refractivity contribution is 9.09. The summed E-state index contributed by atoms with van der Waals surface area (Å²) in [7, 11) is 0. The van der Waals surface area contributed by atoms with Gasteiger partial charge in [0.2, 0.25) is 0 Å². The molecule has 12 rings (SSSR count). The number of allylic oxidation sites excluding steroid dienone is 6. The van der Waals surface area contributed by atoms with E-state index in [9.17, 15) is 36.7 Å². The number of halogens is 5. The Morgan fingerprint density at radius 2 is 0.743 bits per heavy atom. The number of rotatable bonds is 17. The van der Waals surface area contributed by atoms with Gasteiger partial charge in [-0.05, 0) is 190 Å². The Kier molecular flexibility index (Phi) is 26.7. The Bertz CT molecular complexity index is 3830. The van der Waals surface area contributed by atoms with Crippen LogP contribution in [0.3, 0.4) is 0 Å². The van der Waals surface area contributed by atoms with Gasteiger partial charge in [0.25, 0.3) is 0 Å². The summed E-state index contributed by atoms with van der Waals surface area (Å²) < 4.78 is 103. The van der Waals surface area contributed by atoms with Gasteiger partial charge in [-0.25, -0.2) is 17.6 Å². The van der Waals surface area contributed by atoms with Gasteiger partial charge in [-0.1, -0.05) is 131 Å². The smallest absolute Gasteiger partial charge is 0.189 e. The molecule has 4 aliphatic heterocycles. The molecule has 540 valence electrons. The zero-order chi connectivity index (χ0) is 73.9. The zero-order valence-electron chi connectivity index (χ0n) is 60.3. The van der Waals surface area contributed by atoms with E-state index in [0.717, 1.165) is 22.3 Å². The molecule has 101 heavy (non-hydrogen) atoms. The lowest BCUT2D eigenvalue weighted by atomic mass is 9.69. The second kappa shape index (κ2) is 34.1. The third kappa shape index (κ3) is 17.9. The summed E-state index contributed by atoms with van der Waals surface area (Å²) in [4.78, 5) is 49.0. The minimum absolute atomic E-state index is 0.0182. The number of carbonyl (C=O) groups excluding carboxylic acids is 4. The fraction of sp³-hybridized carbons (Fsp3) is 0.476. The summed E-state index contributed by atoms with van der Waals surface area (Å²) in [5.41, 5.74) is 3.58. The highest BCUT2D eigenvalue weighted by atomic mass is 79.9. The predicted octanol–water partition coefficient (Wildman–Crippen LogP) is 17.2. The molecule has 0 spiro atoms. The first-order chi connectivity index (χ1) is 47.9. The van der Waals surface area contributed by atoms with Gasteiger partial charge < -0.3 is 37.9 Å². The summed E-state index contributed by atoms with van der Waals surface area (Å²) in [5.74, 6) is 5.98. The average Bonchev–Trinajstić information content (AvgIpc) is 1.73. The first-order valence-corrected chi connectivity index (χ1v) is 35.7. The number of ketones is 4. The molecule has 0 radical (unpaired) electrons. The monoisotopic (exact) mass is 1450 g/mol. The number of hydrogen-bond acceptors (Lipinski definition) is 12. The van der Waals surface area contributed by atoms with Crippen LogP contribution < -0.4 is 0 Å². The van der Waals surface area contributed by atoms with Gasteiger partial charge in [-0.15, -0.1) is 31.9 Å². The Labute approximate surface area is 602 Å². The van der Waals surface area contributed by atoms with Crippen molar-refractivity contribution in [1.82, 2.24) is 0 Å². The van der Waals surface area contributed by atoms with E-state index in [1.165, 1.54) is 12.1 Å². The average molecular weight is 1450 g/mol. The number of hydrogen-bond donors (Lipinski definition) is 0. The Morgan fingerprint density at radius 1 is 0.465 bits per heavy atom. The zero-order valence-corrected chi connectivity index (χ0v) is 61.9. The molecule has 4 aliphatic carbocycles. The standard InChI is InChI=1S/2C21H25FO3.C21H23FO3.C17H19FO3.C4H5Br/c3*1-5-14(3)17-11-21(20(10-19(17)23)24-12-25-21)15(4)9-16-7-6-13(2)8-18(16)22;1-11-3-4-13(15(18)7-11)8-12(2)17-6-5-14(19)9-16(17)20-10-21-17;1-3-4(2)5/h2*5-8,10,14-15,17H,1,9,11-12H2,2-4H3;1,6-8,10,14-15,17H,9,11-12H2,2-4H3;3-4,7,9,12H,5-6,8,10H2,1-2H3;1,4H,2H3/t14?,15-,17+,21+;2*14?,15-,17-,21+;12-,17+;/m0000./s1. The van der Waals surface area contributed by atoms with E-state index in [1.807, 2.05) is 132 Å². The minimum Gasteiger partial charge on any atom is -0.469 e. The molecule has 0 aromatic heterocycles. The molecule has 4 aromatic rings. The number of fused-ring (bicyclic) bond motifs is 4. The summed E-state index contributed by atoms with van der Waals surface area (Å²) in [6.07, 6.45) is 24.9. The fourth-order valence-corrected chi connectivity index (χ4v) is 14.8. The molecule has 0 N–H and O–H groups in total. The molecule has 4 aromatic carbocycles. The molecular formula is C84H97BrF4O12. The van der Waals surface area contributed by atoms with Crippen LogP contribution in [0, 0.1) is 135 Å². The van der Waals surface area contributed by atoms with Gasteiger partial charge in [0.05, 0.1) is 4.83 Å². The lowest BCUT2D eigenvalue weighted by molar-refractivity contribution is -0.125. The van der Waals surface area contributed by atoms with Crippen LogP contribution in [0.5, 0.6) is 0 Å². The number of alkyl halides is 1. The lowest BCUT2D eigenvalue weighted by Crippen LogP contribution is -2.46. The van der Waals surface area contributed by atoms with Crippen molar-refractivity contribution in [3.63, 3.8) is 0 Å². The SMILES string of the molecule is C#CC(C)Br.C#CC(C)[C@@H]1C[C@]2([C@@H](C)Cc3ccc(C)cc3F)OCOC2=CC1=O.C=CC(C)[C@@H]1C[C@]2([C@@H](C)Cc3ccc(C)cc3F)OCOC2=CC1=O.C=CC(C)[C@H]1C[C@]2([C@@H](C)Cc3ccc(C)cc3F)OCOC2=CC1=O.Cc1ccc(C[C@H](C)[C@]23CCC(=O)C=C2OCO3)c(F)c1. The van der Waals surface area contributed by atoms with E-state index in [1.54, 1.807) is 48.6 Å². The summed E-state index contributed by atoms with van der Waals surface area (Å²) in [6.45, 7) is 31.5. The maximum Gasteiger partial charge on any atom is 0.189 e. The number of terminal acetylenes is 2. The van der Waals surface area contributed by atoms with Crippen molar-refractivity contribution in [2.24, 2.45) is 59.2 Å². The number of benzene rings is 4. The largest absolute Gasteiger partial charge is 0.469 e.